The predicted octanol–water partition coefficient (Wildman–Crippen LogP) is 5.22. The highest BCUT2D eigenvalue weighted by Crippen LogP contribution is 2.26. The molecule has 0 radical (unpaired) electrons. The van der Waals surface area contributed by atoms with Gasteiger partial charge in [0.25, 0.3) is 5.69 Å². The zero-order valence-corrected chi connectivity index (χ0v) is 25.7. The number of benzene rings is 3. The van der Waals surface area contributed by atoms with E-state index < -0.39 is 39.3 Å². The van der Waals surface area contributed by atoms with Crippen LogP contribution in [0.5, 0.6) is 0 Å². The molecule has 0 aliphatic heterocycles. The van der Waals surface area contributed by atoms with Gasteiger partial charge in [0.15, 0.2) is 0 Å². The minimum atomic E-state index is -4.08. The van der Waals surface area contributed by atoms with Crippen LogP contribution in [0.15, 0.2) is 72.8 Å². The average molecular weight is 636 g/mol. The highest BCUT2D eigenvalue weighted by atomic mass is 35.5. The van der Waals surface area contributed by atoms with Crippen molar-refractivity contribution in [2.24, 2.45) is 0 Å². The lowest BCUT2D eigenvalue weighted by Crippen LogP contribution is -2.54. The van der Waals surface area contributed by atoms with Crippen molar-refractivity contribution in [3.05, 3.63) is 104 Å². The van der Waals surface area contributed by atoms with E-state index in [1.54, 1.807) is 12.1 Å². The summed E-state index contributed by atoms with van der Waals surface area (Å²) in [5.41, 5.74) is 0.868. The molecule has 3 aromatic rings. The van der Waals surface area contributed by atoms with E-state index in [1.165, 1.54) is 29.2 Å². The number of amides is 2. The van der Waals surface area contributed by atoms with Crippen LogP contribution < -0.4 is 9.62 Å². The van der Waals surface area contributed by atoms with Gasteiger partial charge >= 0.3 is 0 Å². The SMILES string of the molecule is CC[C@H](C)NC(=O)[C@@H](Cc1ccccc1)N(Cc1ccc(Cl)cc1Cl)C(=O)CN(c1cccc([N+](=O)[O-])c1)S(C)(=O)=O. The standard InChI is InChI=1S/C29H32Cl2N4O6S/c1-4-20(2)32-29(37)27(15-21-9-6-5-7-10-21)33(18-22-13-14-23(30)16-26(22)31)28(36)19-34(42(3,40)41)24-11-8-12-25(17-24)35(38)39/h5-14,16-17,20,27H,4,15,18-19H2,1-3H3,(H,32,37)/t20-,27+/m0/s1. The molecule has 0 bridgehead atoms. The maximum atomic E-state index is 14.1. The number of hydrogen-bond acceptors (Lipinski definition) is 6. The molecule has 3 rings (SSSR count). The number of nitrogens with zero attached hydrogens (tertiary/aromatic N) is 3. The molecule has 0 aliphatic carbocycles. The van der Waals surface area contributed by atoms with Crippen LogP contribution in [0.2, 0.25) is 10.0 Å². The van der Waals surface area contributed by atoms with E-state index in [0.717, 1.165) is 22.2 Å². The fraction of sp³-hybridized carbons (Fsp3) is 0.310. The number of sulfonamides is 1. The molecule has 0 spiro atoms. The number of anilines is 1. The van der Waals surface area contributed by atoms with Crippen molar-refractivity contribution in [3.63, 3.8) is 0 Å². The number of hydrogen-bond donors (Lipinski definition) is 1. The molecule has 1 N–H and O–H groups in total. The highest BCUT2D eigenvalue weighted by Gasteiger charge is 2.34. The summed E-state index contributed by atoms with van der Waals surface area (Å²) in [6.45, 7) is 2.91. The first-order valence-electron chi connectivity index (χ1n) is 13.1. The van der Waals surface area contributed by atoms with E-state index in [0.29, 0.717) is 17.0 Å². The van der Waals surface area contributed by atoms with Gasteiger partial charge in [0.1, 0.15) is 12.6 Å². The lowest BCUT2D eigenvalue weighted by molar-refractivity contribution is -0.384. The maximum absolute atomic E-state index is 14.1. The first-order valence-corrected chi connectivity index (χ1v) is 15.7. The van der Waals surface area contributed by atoms with E-state index in [2.05, 4.69) is 5.32 Å². The minimum Gasteiger partial charge on any atom is -0.352 e. The summed E-state index contributed by atoms with van der Waals surface area (Å²) in [5, 5.41) is 14.9. The zero-order valence-electron chi connectivity index (χ0n) is 23.4. The summed E-state index contributed by atoms with van der Waals surface area (Å²) in [6, 6.07) is 17.6. The molecule has 3 aromatic carbocycles. The Labute approximate surface area is 255 Å². The van der Waals surface area contributed by atoms with Crippen molar-refractivity contribution in [1.82, 2.24) is 10.2 Å². The number of nitro groups is 1. The Morgan fingerprint density at radius 3 is 2.31 bits per heavy atom. The van der Waals surface area contributed by atoms with Crippen LogP contribution in [-0.4, -0.2) is 54.9 Å². The van der Waals surface area contributed by atoms with Crippen molar-refractivity contribution in [1.29, 1.82) is 0 Å². The van der Waals surface area contributed by atoms with E-state index >= 15 is 0 Å². The molecular formula is C29H32Cl2N4O6S. The molecule has 10 nitrogen and oxygen atoms in total. The van der Waals surface area contributed by atoms with Crippen LogP contribution >= 0.6 is 23.2 Å². The van der Waals surface area contributed by atoms with Crippen LogP contribution in [0.4, 0.5) is 11.4 Å². The van der Waals surface area contributed by atoms with E-state index in [4.69, 9.17) is 23.2 Å². The first-order chi connectivity index (χ1) is 19.8. The van der Waals surface area contributed by atoms with Gasteiger partial charge < -0.3 is 10.2 Å². The number of nitro benzene ring substituents is 1. The molecule has 13 heteroatoms. The van der Waals surface area contributed by atoms with Crippen molar-refractivity contribution < 1.29 is 22.9 Å². The Balaban J connectivity index is 2.11. The van der Waals surface area contributed by atoms with Crippen LogP contribution in [0.3, 0.4) is 0 Å². The largest absolute Gasteiger partial charge is 0.352 e. The van der Waals surface area contributed by atoms with E-state index in [-0.39, 0.29) is 35.4 Å². The van der Waals surface area contributed by atoms with Crippen LogP contribution in [0, 0.1) is 10.1 Å². The molecule has 0 saturated carbocycles. The summed E-state index contributed by atoms with van der Waals surface area (Å²) < 4.78 is 26.5. The first kappa shape index (κ1) is 32.8. The quantitative estimate of drug-likeness (QED) is 0.203. The third-order valence-electron chi connectivity index (χ3n) is 6.64. The van der Waals surface area contributed by atoms with Crippen molar-refractivity contribution >= 4 is 56.4 Å². The maximum Gasteiger partial charge on any atom is 0.271 e. The van der Waals surface area contributed by atoms with Gasteiger partial charge in [-0.05, 0) is 42.7 Å². The van der Waals surface area contributed by atoms with Gasteiger partial charge in [0.05, 0.1) is 16.9 Å². The van der Waals surface area contributed by atoms with Crippen molar-refractivity contribution in [2.45, 2.75) is 45.3 Å². The van der Waals surface area contributed by atoms with Crippen molar-refractivity contribution in [2.75, 3.05) is 17.1 Å². The van der Waals surface area contributed by atoms with E-state index in [1.807, 2.05) is 44.2 Å². The zero-order chi connectivity index (χ0) is 31.0. The second-order valence-electron chi connectivity index (χ2n) is 9.83. The molecule has 2 amide bonds. The van der Waals surface area contributed by atoms with Crippen LogP contribution in [0.1, 0.15) is 31.4 Å². The number of rotatable bonds is 13. The molecule has 42 heavy (non-hydrogen) atoms. The molecule has 0 unspecified atom stereocenters. The number of halogens is 2. The molecule has 224 valence electrons. The molecule has 0 aromatic heterocycles. The Morgan fingerprint density at radius 1 is 1.02 bits per heavy atom. The minimum absolute atomic E-state index is 0.0619. The summed E-state index contributed by atoms with van der Waals surface area (Å²) in [5.74, 6) is -1.13. The fourth-order valence-corrected chi connectivity index (χ4v) is 5.51. The van der Waals surface area contributed by atoms with Gasteiger partial charge in [-0.15, -0.1) is 0 Å². The molecule has 0 saturated heterocycles. The summed E-state index contributed by atoms with van der Waals surface area (Å²) in [7, 11) is -4.08. The number of carbonyl (C=O) groups is 2. The lowest BCUT2D eigenvalue weighted by atomic mass is 10.0. The number of nitrogens with one attached hydrogen (secondary N) is 1. The molecular weight excluding hydrogens is 603 g/mol. The highest BCUT2D eigenvalue weighted by molar-refractivity contribution is 7.92. The van der Waals surface area contributed by atoms with Gasteiger partial charge in [-0.3, -0.25) is 24.0 Å². The topological polar surface area (TPSA) is 130 Å². The lowest BCUT2D eigenvalue weighted by Gasteiger charge is -2.34. The third kappa shape index (κ3) is 8.91. The molecule has 0 fully saturated rings. The van der Waals surface area contributed by atoms with Gasteiger partial charge in [-0.1, -0.05) is 72.6 Å². The Morgan fingerprint density at radius 2 is 1.71 bits per heavy atom. The number of carbonyl (C=O) groups excluding carboxylic acids is 2. The Hall–Kier alpha value is -3.67. The summed E-state index contributed by atoms with van der Waals surface area (Å²) in [6.07, 6.45) is 1.68. The monoisotopic (exact) mass is 634 g/mol. The normalized spacial score (nSPS) is 12.7. The summed E-state index contributed by atoms with van der Waals surface area (Å²) >= 11 is 12.5. The van der Waals surface area contributed by atoms with Gasteiger partial charge in [-0.2, -0.15) is 0 Å². The predicted molar refractivity (Wildman–Crippen MR) is 164 cm³/mol. The van der Waals surface area contributed by atoms with Crippen LogP contribution in [-0.2, 0) is 32.6 Å². The third-order valence-corrected chi connectivity index (χ3v) is 8.36. The fourth-order valence-electron chi connectivity index (χ4n) is 4.20. The molecule has 0 aliphatic rings. The average Bonchev–Trinajstić information content (AvgIpc) is 2.94. The second-order valence-corrected chi connectivity index (χ2v) is 12.6. The van der Waals surface area contributed by atoms with E-state index in [9.17, 15) is 28.1 Å². The summed E-state index contributed by atoms with van der Waals surface area (Å²) in [4.78, 5) is 39.8. The number of non-ortho nitro benzene ring substituents is 1. The molecule has 2 atom stereocenters. The van der Waals surface area contributed by atoms with Gasteiger partial charge in [0.2, 0.25) is 21.8 Å². The van der Waals surface area contributed by atoms with Gasteiger partial charge in [0, 0.05) is 41.2 Å². The Bertz CT molecular complexity index is 1540. The second kappa shape index (κ2) is 14.5. The Kier molecular flexibility index (Phi) is 11.3. The van der Waals surface area contributed by atoms with Crippen LogP contribution in [0.25, 0.3) is 0 Å². The smallest absolute Gasteiger partial charge is 0.271 e. The van der Waals surface area contributed by atoms with Gasteiger partial charge in [-0.25, -0.2) is 8.42 Å². The molecule has 0 heterocycles. The van der Waals surface area contributed by atoms with Crippen molar-refractivity contribution in [3.8, 4) is 0 Å².